The Bertz CT molecular complexity index is 1100. The quantitative estimate of drug-likeness (QED) is 0.433. The molecule has 3 nitrogen and oxygen atoms in total. The van der Waals surface area contributed by atoms with Gasteiger partial charge in [-0.25, -0.2) is 0 Å². The first-order valence-electron chi connectivity index (χ1n) is 10.0. The Hall–Kier alpha value is -2.49. The molecule has 0 heterocycles. The summed E-state index contributed by atoms with van der Waals surface area (Å²) in [7, 11) is 0. The highest BCUT2D eigenvalue weighted by Gasteiger charge is 2.18. The molecule has 2 atom stereocenters. The van der Waals surface area contributed by atoms with E-state index in [1.165, 1.54) is 37.9 Å². The van der Waals surface area contributed by atoms with Crippen molar-refractivity contribution in [3.8, 4) is 0 Å². The molecule has 0 aliphatic heterocycles. The maximum absolute atomic E-state index is 12.2. The zero-order valence-corrected chi connectivity index (χ0v) is 16.2. The van der Waals surface area contributed by atoms with Crippen LogP contribution in [0.1, 0.15) is 31.7 Å². The third-order valence-electron chi connectivity index (χ3n) is 5.93. The van der Waals surface area contributed by atoms with Gasteiger partial charge in [0.05, 0.1) is 6.10 Å². The molecule has 4 aromatic rings. The third kappa shape index (κ3) is 3.48. The van der Waals surface area contributed by atoms with Crippen LogP contribution in [-0.2, 0) is 11.2 Å². The largest absolute Gasteiger partial charge is 0.396 e. The summed E-state index contributed by atoms with van der Waals surface area (Å²) in [6.45, 7) is 1.47. The number of carbonyl (C=O) groups is 1. The van der Waals surface area contributed by atoms with Crippen molar-refractivity contribution in [1.29, 1.82) is 0 Å². The molecule has 144 valence electrons. The molecule has 0 saturated heterocycles. The van der Waals surface area contributed by atoms with Crippen molar-refractivity contribution in [2.45, 2.75) is 38.7 Å². The highest BCUT2D eigenvalue weighted by atomic mass is 16.3. The third-order valence-corrected chi connectivity index (χ3v) is 5.93. The average Bonchev–Trinajstić information content (AvgIpc) is 2.70. The number of hydrogen-bond donors (Lipinski definition) is 2. The number of rotatable bonds is 8. The number of Topliss-reactive ketones (excluding diaryl/α,β-unsaturated/α-hetero) is 1. The minimum absolute atomic E-state index is 0.109. The molecular formula is C25H26O3. The van der Waals surface area contributed by atoms with E-state index in [1.54, 1.807) is 6.92 Å². The number of ketones is 1. The van der Waals surface area contributed by atoms with Gasteiger partial charge in [-0.1, -0.05) is 54.6 Å². The molecule has 3 heteroatoms. The van der Waals surface area contributed by atoms with Gasteiger partial charge >= 0.3 is 0 Å². The van der Waals surface area contributed by atoms with E-state index in [0.29, 0.717) is 6.42 Å². The summed E-state index contributed by atoms with van der Waals surface area (Å²) in [5.74, 6) is -0.250. The Kier molecular flexibility index (Phi) is 5.29. The highest BCUT2D eigenvalue weighted by molar-refractivity contribution is 6.23. The van der Waals surface area contributed by atoms with Crippen LogP contribution >= 0.6 is 0 Å². The smallest absolute Gasteiger partial charge is 0.133 e. The van der Waals surface area contributed by atoms with Gasteiger partial charge < -0.3 is 10.2 Å². The number of benzene rings is 4. The Morgan fingerprint density at radius 3 is 2.25 bits per heavy atom. The summed E-state index contributed by atoms with van der Waals surface area (Å²) in [5.41, 5.74) is 1.27. The molecule has 0 bridgehead atoms. The Labute approximate surface area is 164 Å². The van der Waals surface area contributed by atoms with Crippen LogP contribution in [0.15, 0.2) is 54.6 Å². The molecule has 0 aliphatic rings. The molecule has 0 aliphatic carbocycles. The predicted molar refractivity (Wildman–Crippen MR) is 115 cm³/mol. The lowest BCUT2D eigenvalue weighted by molar-refractivity contribution is -0.121. The molecule has 0 aromatic heterocycles. The lowest BCUT2D eigenvalue weighted by Crippen LogP contribution is -2.23. The molecule has 4 rings (SSSR count). The number of aliphatic hydroxyl groups is 2. The van der Waals surface area contributed by atoms with Gasteiger partial charge in [-0.2, -0.15) is 0 Å². The first-order valence-corrected chi connectivity index (χ1v) is 10.0. The van der Waals surface area contributed by atoms with Crippen molar-refractivity contribution in [1.82, 2.24) is 0 Å². The Morgan fingerprint density at radius 1 is 0.929 bits per heavy atom. The number of hydrogen-bond acceptors (Lipinski definition) is 3. The fourth-order valence-corrected chi connectivity index (χ4v) is 4.27. The minimum atomic E-state index is -0.661. The fourth-order valence-electron chi connectivity index (χ4n) is 4.27. The lowest BCUT2D eigenvalue weighted by Gasteiger charge is -2.16. The normalized spacial score (nSPS) is 14.1. The van der Waals surface area contributed by atoms with Crippen molar-refractivity contribution in [3.63, 3.8) is 0 Å². The molecule has 0 radical (unpaired) electrons. The fraction of sp³-hybridized carbons (Fsp3) is 0.320. The molecule has 0 saturated carbocycles. The minimum Gasteiger partial charge on any atom is -0.396 e. The topological polar surface area (TPSA) is 57.5 Å². The van der Waals surface area contributed by atoms with Crippen molar-refractivity contribution < 1.29 is 15.0 Å². The van der Waals surface area contributed by atoms with Gasteiger partial charge in [-0.15, -0.1) is 0 Å². The Balaban J connectivity index is 1.55. The summed E-state index contributed by atoms with van der Waals surface area (Å²) in [5, 5.41) is 26.6. The maximum Gasteiger partial charge on any atom is 0.133 e. The second kappa shape index (κ2) is 7.86. The first kappa shape index (κ1) is 18.9. The van der Waals surface area contributed by atoms with Crippen LogP contribution in [0.3, 0.4) is 0 Å². The van der Waals surface area contributed by atoms with Crippen LogP contribution in [0.4, 0.5) is 0 Å². The van der Waals surface area contributed by atoms with E-state index >= 15 is 0 Å². The summed E-state index contributed by atoms with van der Waals surface area (Å²) in [4.78, 5) is 12.2. The van der Waals surface area contributed by atoms with Crippen LogP contribution in [0.25, 0.3) is 32.3 Å². The maximum atomic E-state index is 12.2. The first-order chi connectivity index (χ1) is 13.6. The molecular weight excluding hydrogens is 348 g/mol. The van der Waals surface area contributed by atoms with Crippen molar-refractivity contribution in [2.75, 3.05) is 6.61 Å². The van der Waals surface area contributed by atoms with Gasteiger partial charge in [0.15, 0.2) is 0 Å². The SMILES string of the molecule is C[C@H](O)[C@H](CO)CC(=O)CCCc1ccc2ccc3cccc4ccc1c2c34. The zero-order valence-electron chi connectivity index (χ0n) is 16.2. The molecule has 4 aromatic carbocycles. The molecule has 0 amide bonds. The number of aliphatic hydroxyl groups excluding tert-OH is 2. The van der Waals surface area contributed by atoms with E-state index in [2.05, 4.69) is 54.6 Å². The van der Waals surface area contributed by atoms with Crippen LogP contribution in [0, 0.1) is 5.92 Å². The average molecular weight is 374 g/mol. The lowest BCUT2D eigenvalue weighted by atomic mass is 9.90. The Morgan fingerprint density at radius 2 is 1.57 bits per heavy atom. The molecule has 0 unspecified atom stereocenters. The van der Waals surface area contributed by atoms with E-state index in [1.807, 2.05) is 0 Å². The van der Waals surface area contributed by atoms with Gasteiger partial charge in [-0.05, 0) is 57.6 Å². The summed E-state index contributed by atoms with van der Waals surface area (Å²) < 4.78 is 0. The summed E-state index contributed by atoms with van der Waals surface area (Å²) >= 11 is 0. The molecule has 0 spiro atoms. The zero-order chi connectivity index (χ0) is 19.7. The van der Waals surface area contributed by atoms with Gasteiger partial charge in [0.1, 0.15) is 5.78 Å². The monoisotopic (exact) mass is 374 g/mol. The highest BCUT2D eigenvalue weighted by Crippen LogP contribution is 2.36. The summed E-state index contributed by atoms with van der Waals surface area (Å²) in [6.07, 6.45) is 1.68. The molecule has 2 N–H and O–H groups in total. The summed E-state index contributed by atoms with van der Waals surface area (Å²) in [6, 6.07) is 19.5. The van der Waals surface area contributed by atoms with E-state index in [-0.39, 0.29) is 24.7 Å². The second-order valence-electron chi connectivity index (χ2n) is 7.86. The number of carbonyl (C=O) groups excluding carboxylic acids is 1. The molecule has 0 fully saturated rings. The number of aryl methyl sites for hydroxylation is 1. The predicted octanol–water partition coefficient (Wildman–Crippen LogP) is 4.86. The second-order valence-corrected chi connectivity index (χ2v) is 7.86. The van der Waals surface area contributed by atoms with Crippen LogP contribution < -0.4 is 0 Å². The van der Waals surface area contributed by atoms with E-state index < -0.39 is 6.10 Å². The molecule has 28 heavy (non-hydrogen) atoms. The van der Waals surface area contributed by atoms with Gasteiger partial charge in [0.2, 0.25) is 0 Å². The van der Waals surface area contributed by atoms with Gasteiger partial charge in [0, 0.05) is 25.4 Å². The van der Waals surface area contributed by atoms with Crippen molar-refractivity contribution >= 4 is 38.1 Å². The van der Waals surface area contributed by atoms with Gasteiger partial charge in [-0.3, -0.25) is 4.79 Å². The van der Waals surface area contributed by atoms with Crippen LogP contribution in [0.5, 0.6) is 0 Å². The van der Waals surface area contributed by atoms with E-state index in [4.69, 9.17) is 0 Å². The standard InChI is InChI=1S/C25H26O3/c1-16(27)21(15-26)14-22(28)7-3-4-17-8-9-20-11-10-18-5-2-6-19-12-13-23(17)25(20)24(18)19/h2,5-6,8-13,16,21,26-27H,3-4,7,14-15H2,1H3/t16-,21-/m0/s1. The van der Waals surface area contributed by atoms with E-state index in [9.17, 15) is 15.0 Å². The van der Waals surface area contributed by atoms with Crippen LogP contribution in [-0.4, -0.2) is 28.7 Å². The van der Waals surface area contributed by atoms with Crippen molar-refractivity contribution in [3.05, 3.63) is 60.2 Å². The van der Waals surface area contributed by atoms with Crippen LogP contribution in [0.2, 0.25) is 0 Å². The van der Waals surface area contributed by atoms with E-state index in [0.717, 1.165) is 12.8 Å². The van der Waals surface area contributed by atoms with Crippen molar-refractivity contribution in [2.24, 2.45) is 5.92 Å². The van der Waals surface area contributed by atoms with Gasteiger partial charge in [0.25, 0.3) is 0 Å².